The standard InChI is InChI=1S/C13H13N3OS/c14-12-6-5-11(7-16-12)18-8-9-1-3-10(4-2-9)13(15)17/h1-7H,8H2,(H2,14,16)(H2,15,17). The molecule has 18 heavy (non-hydrogen) atoms. The molecule has 92 valence electrons. The Hall–Kier alpha value is -2.01. The van der Waals surface area contributed by atoms with Crippen LogP contribution in [0.4, 0.5) is 5.82 Å². The van der Waals surface area contributed by atoms with E-state index in [4.69, 9.17) is 11.5 Å². The fraction of sp³-hybridized carbons (Fsp3) is 0.0769. The summed E-state index contributed by atoms with van der Waals surface area (Å²) in [7, 11) is 0. The number of hydrogen-bond acceptors (Lipinski definition) is 4. The zero-order valence-corrected chi connectivity index (χ0v) is 10.5. The highest BCUT2D eigenvalue weighted by atomic mass is 32.2. The maximum Gasteiger partial charge on any atom is 0.248 e. The zero-order chi connectivity index (χ0) is 13.0. The Morgan fingerprint density at radius 2 is 1.89 bits per heavy atom. The van der Waals surface area contributed by atoms with Gasteiger partial charge < -0.3 is 11.5 Å². The van der Waals surface area contributed by atoms with Crippen molar-refractivity contribution < 1.29 is 4.79 Å². The second-order valence-corrected chi connectivity index (χ2v) is 4.82. The van der Waals surface area contributed by atoms with Crippen LogP contribution in [-0.4, -0.2) is 10.9 Å². The van der Waals surface area contributed by atoms with Crippen molar-refractivity contribution in [2.75, 3.05) is 5.73 Å². The lowest BCUT2D eigenvalue weighted by Gasteiger charge is -2.03. The lowest BCUT2D eigenvalue weighted by molar-refractivity contribution is 0.100. The Kier molecular flexibility index (Phi) is 3.84. The van der Waals surface area contributed by atoms with Crippen LogP contribution >= 0.6 is 11.8 Å². The number of carbonyl (C=O) groups is 1. The van der Waals surface area contributed by atoms with Gasteiger partial charge >= 0.3 is 0 Å². The number of nitrogen functional groups attached to an aromatic ring is 1. The molecule has 5 heteroatoms. The van der Waals surface area contributed by atoms with Crippen LogP contribution in [0.1, 0.15) is 15.9 Å². The molecule has 1 amide bonds. The third kappa shape index (κ3) is 3.24. The molecule has 1 aromatic heterocycles. The molecule has 0 spiro atoms. The van der Waals surface area contributed by atoms with E-state index in [1.165, 1.54) is 0 Å². The molecule has 0 unspecified atom stereocenters. The number of benzene rings is 1. The van der Waals surface area contributed by atoms with Gasteiger partial charge in [-0.1, -0.05) is 12.1 Å². The molecule has 0 atom stereocenters. The molecule has 0 fully saturated rings. The Bertz CT molecular complexity index is 537. The number of nitrogens with two attached hydrogens (primary N) is 2. The Balaban J connectivity index is 1.97. The van der Waals surface area contributed by atoms with Crippen molar-refractivity contribution in [1.29, 1.82) is 0 Å². The third-order valence-corrected chi connectivity index (χ3v) is 3.46. The first kappa shape index (κ1) is 12.4. The molecule has 1 aromatic carbocycles. The quantitative estimate of drug-likeness (QED) is 0.823. The van der Waals surface area contributed by atoms with E-state index >= 15 is 0 Å². The van der Waals surface area contributed by atoms with E-state index in [0.29, 0.717) is 11.4 Å². The molecule has 4 nitrogen and oxygen atoms in total. The molecule has 2 rings (SSSR count). The van der Waals surface area contributed by atoms with Gasteiger partial charge in [0.1, 0.15) is 5.82 Å². The summed E-state index contributed by atoms with van der Waals surface area (Å²) >= 11 is 1.66. The molecule has 0 saturated carbocycles. The summed E-state index contributed by atoms with van der Waals surface area (Å²) in [4.78, 5) is 16.0. The smallest absolute Gasteiger partial charge is 0.248 e. The highest BCUT2D eigenvalue weighted by Crippen LogP contribution is 2.22. The number of carbonyl (C=O) groups excluding carboxylic acids is 1. The summed E-state index contributed by atoms with van der Waals surface area (Å²) in [6, 6.07) is 11.0. The number of anilines is 1. The number of primary amides is 1. The maximum atomic E-state index is 10.9. The second-order valence-electron chi connectivity index (χ2n) is 3.77. The van der Waals surface area contributed by atoms with Gasteiger partial charge in [-0.2, -0.15) is 0 Å². The SMILES string of the molecule is NC(=O)c1ccc(CSc2ccc(N)nc2)cc1. The topological polar surface area (TPSA) is 82.0 Å². The van der Waals surface area contributed by atoms with Gasteiger partial charge in [-0.05, 0) is 29.8 Å². The van der Waals surface area contributed by atoms with E-state index in [9.17, 15) is 4.79 Å². The zero-order valence-electron chi connectivity index (χ0n) is 9.67. The average Bonchev–Trinajstić information content (AvgIpc) is 2.38. The average molecular weight is 259 g/mol. The molecule has 4 N–H and O–H groups in total. The highest BCUT2D eigenvalue weighted by Gasteiger charge is 2.01. The highest BCUT2D eigenvalue weighted by molar-refractivity contribution is 7.98. The van der Waals surface area contributed by atoms with Crippen molar-refractivity contribution in [2.45, 2.75) is 10.6 Å². The predicted molar refractivity (Wildman–Crippen MR) is 73.2 cm³/mol. The van der Waals surface area contributed by atoms with Crippen molar-refractivity contribution in [1.82, 2.24) is 4.98 Å². The Morgan fingerprint density at radius 1 is 1.17 bits per heavy atom. The van der Waals surface area contributed by atoms with Crippen molar-refractivity contribution in [2.24, 2.45) is 5.73 Å². The number of aromatic nitrogens is 1. The van der Waals surface area contributed by atoms with Crippen LogP contribution in [0.3, 0.4) is 0 Å². The summed E-state index contributed by atoms with van der Waals surface area (Å²) in [5.41, 5.74) is 12.3. The Labute approximate surface area is 109 Å². The molecule has 0 aliphatic rings. The molecule has 2 aromatic rings. The molecular weight excluding hydrogens is 246 g/mol. The van der Waals surface area contributed by atoms with E-state index in [-0.39, 0.29) is 0 Å². The predicted octanol–water partition coefficient (Wildman–Crippen LogP) is 2.05. The number of hydrogen-bond donors (Lipinski definition) is 2. The van der Waals surface area contributed by atoms with Gasteiger partial charge in [-0.25, -0.2) is 4.98 Å². The molecular formula is C13H13N3OS. The van der Waals surface area contributed by atoms with Gasteiger partial charge in [0.2, 0.25) is 5.91 Å². The largest absolute Gasteiger partial charge is 0.384 e. The lowest BCUT2D eigenvalue weighted by atomic mass is 10.1. The fourth-order valence-electron chi connectivity index (χ4n) is 1.41. The van der Waals surface area contributed by atoms with Crippen LogP contribution in [0, 0.1) is 0 Å². The normalized spacial score (nSPS) is 10.2. The monoisotopic (exact) mass is 259 g/mol. The minimum Gasteiger partial charge on any atom is -0.384 e. The van der Waals surface area contributed by atoms with E-state index < -0.39 is 5.91 Å². The van der Waals surface area contributed by atoms with Gasteiger partial charge in [0, 0.05) is 22.4 Å². The van der Waals surface area contributed by atoms with Gasteiger partial charge in [0.25, 0.3) is 0 Å². The minimum absolute atomic E-state index is 0.406. The van der Waals surface area contributed by atoms with Crippen molar-refractivity contribution >= 4 is 23.5 Å². The molecule has 0 aliphatic carbocycles. The van der Waals surface area contributed by atoms with Crippen molar-refractivity contribution in [3.05, 3.63) is 53.7 Å². The first-order chi connectivity index (χ1) is 8.65. The van der Waals surface area contributed by atoms with Gasteiger partial charge in [-0.15, -0.1) is 11.8 Å². The van der Waals surface area contributed by atoms with Crippen LogP contribution in [0.2, 0.25) is 0 Å². The van der Waals surface area contributed by atoms with E-state index in [2.05, 4.69) is 4.98 Å². The minimum atomic E-state index is -0.406. The van der Waals surface area contributed by atoms with Crippen LogP contribution < -0.4 is 11.5 Å². The fourth-order valence-corrected chi connectivity index (χ4v) is 2.23. The number of amides is 1. The lowest BCUT2D eigenvalue weighted by Crippen LogP contribution is -2.10. The molecule has 0 radical (unpaired) electrons. The first-order valence-electron chi connectivity index (χ1n) is 5.38. The summed E-state index contributed by atoms with van der Waals surface area (Å²) < 4.78 is 0. The summed E-state index contributed by atoms with van der Waals surface area (Å²) in [5, 5.41) is 0. The molecule has 0 bridgehead atoms. The van der Waals surface area contributed by atoms with Crippen LogP contribution in [0.15, 0.2) is 47.5 Å². The summed E-state index contributed by atoms with van der Waals surface area (Å²) in [6.07, 6.45) is 1.75. The van der Waals surface area contributed by atoms with Crippen molar-refractivity contribution in [3.8, 4) is 0 Å². The van der Waals surface area contributed by atoms with Gasteiger partial charge in [-0.3, -0.25) is 4.79 Å². The molecule has 1 heterocycles. The number of thioether (sulfide) groups is 1. The van der Waals surface area contributed by atoms with Gasteiger partial charge in [0.15, 0.2) is 0 Å². The van der Waals surface area contributed by atoms with Gasteiger partial charge in [0.05, 0.1) is 0 Å². The first-order valence-corrected chi connectivity index (χ1v) is 6.37. The third-order valence-electron chi connectivity index (χ3n) is 2.40. The summed E-state index contributed by atoms with van der Waals surface area (Å²) in [5.74, 6) is 0.923. The van der Waals surface area contributed by atoms with Crippen LogP contribution in [0.25, 0.3) is 0 Å². The van der Waals surface area contributed by atoms with Crippen LogP contribution in [-0.2, 0) is 5.75 Å². The summed E-state index contributed by atoms with van der Waals surface area (Å²) in [6.45, 7) is 0. The Morgan fingerprint density at radius 3 is 2.44 bits per heavy atom. The van der Waals surface area contributed by atoms with Crippen molar-refractivity contribution in [3.63, 3.8) is 0 Å². The van der Waals surface area contributed by atoms with E-state index in [1.807, 2.05) is 18.2 Å². The molecule has 0 aliphatic heterocycles. The number of rotatable bonds is 4. The number of pyridine rings is 1. The number of nitrogens with zero attached hydrogens (tertiary/aromatic N) is 1. The van der Waals surface area contributed by atoms with E-state index in [0.717, 1.165) is 16.2 Å². The maximum absolute atomic E-state index is 10.9. The van der Waals surface area contributed by atoms with Crippen LogP contribution in [0.5, 0.6) is 0 Å². The molecule has 0 saturated heterocycles. The van der Waals surface area contributed by atoms with E-state index in [1.54, 1.807) is 36.2 Å². The second kappa shape index (κ2) is 5.55.